The van der Waals surface area contributed by atoms with Crippen LogP contribution in [-0.2, 0) is 24.3 Å². The normalized spacial score (nSPS) is 15.2. The Labute approximate surface area is 142 Å². The summed E-state index contributed by atoms with van der Waals surface area (Å²) in [5, 5.41) is 11.4. The van der Waals surface area contributed by atoms with Crippen LogP contribution in [0.2, 0.25) is 0 Å². The van der Waals surface area contributed by atoms with Crippen LogP contribution in [0.5, 0.6) is 5.75 Å². The zero-order valence-corrected chi connectivity index (χ0v) is 14.3. The summed E-state index contributed by atoms with van der Waals surface area (Å²) in [4.78, 5) is 12.3. The summed E-state index contributed by atoms with van der Waals surface area (Å²) < 4.78 is 7.84. The van der Waals surface area contributed by atoms with Crippen molar-refractivity contribution in [2.45, 2.75) is 58.7 Å². The van der Waals surface area contributed by atoms with Gasteiger partial charge in [-0.05, 0) is 44.4 Å². The van der Waals surface area contributed by atoms with E-state index in [1.54, 1.807) is 6.92 Å². The number of rotatable bonds is 5. The molecule has 128 valence electrons. The maximum Gasteiger partial charge on any atom is 0.261 e. The van der Waals surface area contributed by atoms with Gasteiger partial charge in [-0.25, -0.2) is 0 Å². The first-order valence-corrected chi connectivity index (χ1v) is 8.55. The Morgan fingerprint density at radius 2 is 2.21 bits per heavy atom. The minimum Gasteiger partial charge on any atom is -0.481 e. The van der Waals surface area contributed by atoms with Gasteiger partial charge in [-0.3, -0.25) is 4.79 Å². The van der Waals surface area contributed by atoms with E-state index in [0.29, 0.717) is 12.3 Å². The molecule has 1 unspecified atom stereocenters. The number of carbonyl (C=O) groups is 1. The van der Waals surface area contributed by atoms with Crippen molar-refractivity contribution in [3.05, 3.63) is 41.5 Å². The lowest BCUT2D eigenvalue weighted by Gasteiger charge is -2.15. The molecule has 0 saturated heterocycles. The van der Waals surface area contributed by atoms with Crippen molar-refractivity contribution in [3.63, 3.8) is 0 Å². The Kier molecular flexibility index (Phi) is 5.13. The van der Waals surface area contributed by atoms with Crippen molar-refractivity contribution < 1.29 is 9.53 Å². The molecule has 24 heavy (non-hydrogen) atoms. The average Bonchev–Trinajstić information content (AvgIpc) is 2.79. The molecular weight excluding hydrogens is 304 g/mol. The lowest BCUT2D eigenvalue weighted by atomic mass is 10.2. The molecule has 1 aromatic carbocycles. The van der Waals surface area contributed by atoms with Crippen LogP contribution in [0.1, 0.15) is 43.4 Å². The van der Waals surface area contributed by atoms with Crippen LogP contribution in [0, 0.1) is 6.92 Å². The molecule has 0 aliphatic carbocycles. The quantitative estimate of drug-likeness (QED) is 0.915. The fourth-order valence-corrected chi connectivity index (χ4v) is 2.93. The zero-order chi connectivity index (χ0) is 16.9. The lowest BCUT2D eigenvalue weighted by molar-refractivity contribution is -0.127. The van der Waals surface area contributed by atoms with Gasteiger partial charge in [0, 0.05) is 13.0 Å². The van der Waals surface area contributed by atoms with Gasteiger partial charge >= 0.3 is 0 Å². The molecule has 1 aromatic heterocycles. The average molecular weight is 328 g/mol. The van der Waals surface area contributed by atoms with Gasteiger partial charge in [-0.15, -0.1) is 10.2 Å². The van der Waals surface area contributed by atoms with Crippen LogP contribution in [-0.4, -0.2) is 26.8 Å². The Balaban J connectivity index is 1.56. The van der Waals surface area contributed by atoms with Crippen LogP contribution >= 0.6 is 0 Å². The number of nitrogens with zero attached hydrogens (tertiary/aromatic N) is 3. The van der Waals surface area contributed by atoms with Gasteiger partial charge in [0.2, 0.25) is 0 Å². The Bertz CT molecular complexity index is 711. The van der Waals surface area contributed by atoms with Gasteiger partial charge in [0.25, 0.3) is 5.91 Å². The smallest absolute Gasteiger partial charge is 0.261 e. The summed E-state index contributed by atoms with van der Waals surface area (Å²) in [6.45, 7) is 5.06. The topological polar surface area (TPSA) is 69.0 Å². The molecular formula is C18H24N4O2. The number of carbonyl (C=O) groups excluding carboxylic acids is 1. The first-order chi connectivity index (χ1) is 11.6. The minimum absolute atomic E-state index is 0.150. The largest absolute Gasteiger partial charge is 0.481 e. The summed E-state index contributed by atoms with van der Waals surface area (Å²) in [6.07, 6.45) is 3.92. The molecule has 6 heteroatoms. The zero-order valence-electron chi connectivity index (χ0n) is 14.3. The number of benzene rings is 1. The van der Waals surface area contributed by atoms with E-state index in [0.717, 1.165) is 43.0 Å². The number of hydrogen-bond donors (Lipinski definition) is 1. The molecule has 0 fully saturated rings. The predicted molar refractivity (Wildman–Crippen MR) is 90.7 cm³/mol. The SMILES string of the molecule is Cc1cccc(OC(C)C(=O)NCc2nnc3n2CCCCC3)c1. The minimum atomic E-state index is -0.557. The first-order valence-electron chi connectivity index (χ1n) is 8.55. The molecule has 0 bridgehead atoms. The van der Waals surface area contributed by atoms with Crippen LogP contribution in [0.25, 0.3) is 0 Å². The van der Waals surface area contributed by atoms with Crippen molar-refractivity contribution >= 4 is 5.91 Å². The van der Waals surface area contributed by atoms with Crippen LogP contribution in [0.15, 0.2) is 24.3 Å². The van der Waals surface area contributed by atoms with Gasteiger partial charge in [0.15, 0.2) is 11.9 Å². The number of ether oxygens (including phenoxy) is 1. The number of aromatic nitrogens is 3. The van der Waals surface area contributed by atoms with E-state index in [4.69, 9.17) is 4.74 Å². The summed E-state index contributed by atoms with van der Waals surface area (Å²) in [6, 6.07) is 7.69. The summed E-state index contributed by atoms with van der Waals surface area (Å²) in [5.41, 5.74) is 1.10. The van der Waals surface area contributed by atoms with Gasteiger partial charge in [-0.1, -0.05) is 18.6 Å². The van der Waals surface area contributed by atoms with E-state index in [9.17, 15) is 4.79 Å². The molecule has 1 aliphatic rings. The molecule has 1 amide bonds. The summed E-state index contributed by atoms with van der Waals surface area (Å²) in [5.74, 6) is 2.40. The lowest BCUT2D eigenvalue weighted by Crippen LogP contribution is -2.36. The third-order valence-corrected chi connectivity index (χ3v) is 4.28. The standard InChI is InChI=1S/C18H24N4O2/c1-13-7-6-8-15(11-13)24-14(2)18(23)19-12-17-21-20-16-9-4-3-5-10-22(16)17/h6-8,11,14H,3-5,9-10,12H2,1-2H3,(H,19,23). The van der Waals surface area contributed by atoms with Gasteiger partial charge in [0.1, 0.15) is 11.6 Å². The first kappa shape index (κ1) is 16.5. The van der Waals surface area contributed by atoms with E-state index in [2.05, 4.69) is 20.1 Å². The monoisotopic (exact) mass is 328 g/mol. The highest BCUT2D eigenvalue weighted by Crippen LogP contribution is 2.15. The summed E-state index contributed by atoms with van der Waals surface area (Å²) >= 11 is 0. The number of nitrogens with one attached hydrogen (secondary N) is 1. The van der Waals surface area contributed by atoms with E-state index < -0.39 is 6.10 Å². The maximum atomic E-state index is 12.3. The molecule has 1 N–H and O–H groups in total. The Hall–Kier alpha value is -2.37. The van der Waals surface area contributed by atoms with Gasteiger partial charge in [-0.2, -0.15) is 0 Å². The molecule has 2 aromatic rings. The fourth-order valence-electron chi connectivity index (χ4n) is 2.93. The van der Waals surface area contributed by atoms with E-state index in [1.807, 2.05) is 31.2 Å². The van der Waals surface area contributed by atoms with Crippen molar-refractivity contribution in [2.75, 3.05) is 0 Å². The number of amides is 1. The molecule has 0 radical (unpaired) electrons. The number of aryl methyl sites for hydroxylation is 2. The van der Waals surface area contributed by atoms with E-state index in [-0.39, 0.29) is 5.91 Å². The predicted octanol–water partition coefficient (Wildman–Crippen LogP) is 2.40. The summed E-state index contributed by atoms with van der Waals surface area (Å²) in [7, 11) is 0. The van der Waals surface area contributed by atoms with Gasteiger partial charge < -0.3 is 14.6 Å². The Morgan fingerprint density at radius 1 is 1.33 bits per heavy atom. The van der Waals surface area contributed by atoms with Crippen molar-refractivity contribution in [1.29, 1.82) is 0 Å². The van der Waals surface area contributed by atoms with Gasteiger partial charge in [0.05, 0.1) is 6.54 Å². The number of fused-ring (bicyclic) bond motifs is 1. The van der Waals surface area contributed by atoms with Crippen molar-refractivity contribution in [1.82, 2.24) is 20.1 Å². The number of hydrogen-bond acceptors (Lipinski definition) is 4. The van der Waals surface area contributed by atoms with Crippen molar-refractivity contribution in [2.24, 2.45) is 0 Å². The van der Waals surface area contributed by atoms with Crippen molar-refractivity contribution in [3.8, 4) is 5.75 Å². The highest BCUT2D eigenvalue weighted by atomic mass is 16.5. The van der Waals surface area contributed by atoms with Crippen LogP contribution < -0.4 is 10.1 Å². The fraction of sp³-hybridized carbons (Fsp3) is 0.500. The molecule has 1 atom stereocenters. The van der Waals surface area contributed by atoms with E-state index in [1.165, 1.54) is 6.42 Å². The highest BCUT2D eigenvalue weighted by Gasteiger charge is 2.18. The molecule has 2 heterocycles. The molecule has 0 spiro atoms. The second-order valence-electron chi connectivity index (χ2n) is 6.29. The molecule has 0 saturated carbocycles. The van der Waals surface area contributed by atoms with Crippen LogP contribution in [0.3, 0.4) is 0 Å². The molecule has 3 rings (SSSR count). The molecule has 6 nitrogen and oxygen atoms in total. The van der Waals surface area contributed by atoms with E-state index >= 15 is 0 Å². The second-order valence-corrected chi connectivity index (χ2v) is 6.29. The maximum absolute atomic E-state index is 12.3. The Morgan fingerprint density at radius 3 is 3.04 bits per heavy atom. The third kappa shape index (κ3) is 3.93. The second kappa shape index (κ2) is 7.47. The third-order valence-electron chi connectivity index (χ3n) is 4.28. The highest BCUT2D eigenvalue weighted by molar-refractivity contribution is 5.80. The molecule has 1 aliphatic heterocycles. The van der Waals surface area contributed by atoms with Crippen LogP contribution in [0.4, 0.5) is 0 Å².